The van der Waals surface area contributed by atoms with Gasteiger partial charge in [0, 0.05) is 0 Å². The van der Waals surface area contributed by atoms with Crippen molar-refractivity contribution in [1.82, 2.24) is 5.32 Å². The van der Waals surface area contributed by atoms with Gasteiger partial charge in [0.25, 0.3) is 0 Å². The summed E-state index contributed by atoms with van der Waals surface area (Å²) in [6, 6.07) is 0. The van der Waals surface area contributed by atoms with Crippen LogP contribution in [0.2, 0.25) is 0 Å². The lowest BCUT2D eigenvalue weighted by Crippen LogP contribution is -2.32. The van der Waals surface area contributed by atoms with E-state index in [0.717, 1.165) is 5.57 Å². The Morgan fingerprint density at radius 3 is 2.79 bits per heavy atom. The van der Waals surface area contributed by atoms with Crippen LogP contribution in [-0.2, 0) is 19.1 Å². The second kappa shape index (κ2) is 6.19. The van der Waals surface area contributed by atoms with Gasteiger partial charge >= 0.3 is 5.97 Å². The Bertz CT molecular complexity index is 387. The van der Waals surface area contributed by atoms with E-state index in [1.807, 2.05) is 6.92 Å². The highest BCUT2D eigenvalue weighted by atomic mass is 16.5. The van der Waals surface area contributed by atoms with Gasteiger partial charge in [-0.3, -0.25) is 4.79 Å². The monoisotopic (exact) mass is 267 g/mol. The average Bonchev–Trinajstić information content (AvgIpc) is 3.19. The fourth-order valence-corrected chi connectivity index (χ4v) is 2.59. The van der Waals surface area contributed by atoms with E-state index in [1.54, 1.807) is 6.92 Å². The first-order chi connectivity index (χ1) is 9.15. The van der Waals surface area contributed by atoms with Crippen molar-refractivity contribution in [2.75, 3.05) is 6.61 Å². The molecule has 1 N–H and O–H groups in total. The summed E-state index contributed by atoms with van der Waals surface area (Å²) in [6.07, 6.45) is 4.55. The Labute approximate surface area is 113 Å². The van der Waals surface area contributed by atoms with Crippen molar-refractivity contribution in [2.24, 2.45) is 5.92 Å². The normalized spacial score (nSPS) is 29.6. The smallest absolute Gasteiger partial charge is 0.354 e. The summed E-state index contributed by atoms with van der Waals surface area (Å²) in [5.74, 6) is 0.158. The Balaban J connectivity index is 2.17. The molecule has 0 radical (unpaired) electrons. The minimum Gasteiger partial charge on any atom is -0.461 e. The molecule has 1 aliphatic heterocycles. The van der Waals surface area contributed by atoms with Crippen LogP contribution in [0.4, 0.5) is 0 Å². The van der Waals surface area contributed by atoms with Crippen LogP contribution in [0, 0.1) is 5.92 Å². The fraction of sp³-hybridized carbons (Fsp3) is 0.714. The number of nitrogens with one attached hydrogen (secondary N) is 1. The quantitative estimate of drug-likeness (QED) is 0.466. The maximum atomic E-state index is 11.9. The highest BCUT2D eigenvalue weighted by molar-refractivity contribution is 5.91. The molecule has 2 rings (SSSR count). The van der Waals surface area contributed by atoms with E-state index in [0.29, 0.717) is 37.5 Å². The fourth-order valence-electron chi connectivity index (χ4n) is 2.59. The van der Waals surface area contributed by atoms with Crippen LogP contribution in [-0.4, -0.2) is 31.2 Å². The molecular formula is C14H21NO4. The Morgan fingerprint density at radius 1 is 1.47 bits per heavy atom. The standard InChI is InChI=1S/C14H21NO4/c1-3-18-14(17)13(15-8-16)11-6-9(2)19-12(7-11)10-4-5-10/h8-10,12H,3-7H2,1-2H3,(H,15,16)/b13-11+/t9-,12+/m0/s1. The van der Waals surface area contributed by atoms with Gasteiger partial charge in [0.05, 0.1) is 18.8 Å². The number of amides is 1. The second-order valence-electron chi connectivity index (χ2n) is 5.19. The van der Waals surface area contributed by atoms with Gasteiger partial charge in [0.2, 0.25) is 6.41 Å². The molecule has 0 unspecified atom stereocenters. The molecule has 106 valence electrons. The van der Waals surface area contributed by atoms with Gasteiger partial charge in [0.15, 0.2) is 0 Å². The largest absolute Gasteiger partial charge is 0.461 e. The lowest BCUT2D eigenvalue weighted by atomic mass is 9.94. The van der Waals surface area contributed by atoms with Crippen LogP contribution in [0.3, 0.4) is 0 Å². The number of carbonyl (C=O) groups is 2. The van der Waals surface area contributed by atoms with E-state index < -0.39 is 5.97 Å². The lowest BCUT2D eigenvalue weighted by molar-refractivity contribution is -0.139. The molecule has 1 amide bonds. The zero-order valence-electron chi connectivity index (χ0n) is 11.5. The van der Waals surface area contributed by atoms with Crippen molar-refractivity contribution in [1.29, 1.82) is 0 Å². The van der Waals surface area contributed by atoms with Crippen molar-refractivity contribution in [3.8, 4) is 0 Å². The van der Waals surface area contributed by atoms with Crippen molar-refractivity contribution < 1.29 is 19.1 Å². The van der Waals surface area contributed by atoms with Gasteiger partial charge in [-0.05, 0) is 51.0 Å². The number of rotatable bonds is 5. The number of esters is 1. The van der Waals surface area contributed by atoms with Gasteiger partial charge in [-0.15, -0.1) is 0 Å². The summed E-state index contributed by atoms with van der Waals surface area (Å²) >= 11 is 0. The molecule has 0 spiro atoms. The first kappa shape index (κ1) is 14.1. The average molecular weight is 267 g/mol. The molecule has 2 atom stereocenters. The van der Waals surface area contributed by atoms with Crippen LogP contribution in [0.1, 0.15) is 39.5 Å². The van der Waals surface area contributed by atoms with E-state index in [4.69, 9.17) is 9.47 Å². The van der Waals surface area contributed by atoms with Gasteiger partial charge in [-0.1, -0.05) is 0 Å². The maximum absolute atomic E-state index is 11.9. The summed E-state index contributed by atoms with van der Waals surface area (Å²) < 4.78 is 10.9. The molecule has 1 saturated carbocycles. The number of hydrogen-bond donors (Lipinski definition) is 1. The van der Waals surface area contributed by atoms with Crippen molar-refractivity contribution in [2.45, 2.75) is 51.7 Å². The summed E-state index contributed by atoms with van der Waals surface area (Å²) in [5, 5.41) is 2.51. The molecule has 5 nitrogen and oxygen atoms in total. The molecular weight excluding hydrogens is 246 g/mol. The van der Waals surface area contributed by atoms with Gasteiger partial charge < -0.3 is 14.8 Å². The topological polar surface area (TPSA) is 64.6 Å². The minimum absolute atomic E-state index is 0.0761. The van der Waals surface area contributed by atoms with Crippen LogP contribution in [0.15, 0.2) is 11.3 Å². The molecule has 0 aromatic carbocycles. The molecule has 5 heteroatoms. The molecule has 19 heavy (non-hydrogen) atoms. The number of carbonyl (C=O) groups excluding carboxylic acids is 2. The SMILES string of the molecule is CCOC(=O)/C(NC=O)=C1/C[C@H](C)O[C@@H](C2CC2)C1. The first-order valence-corrected chi connectivity index (χ1v) is 6.90. The molecule has 0 bridgehead atoms. The predicted octanol–water partition coefficient (Wildman–Crippen LogP) is 1.53. The van der Waals surface area contributed by atoms with Gasteiger partial charge in [-0.2, -0.15) is 0 Å². The summed E-state index contributed by atoms with van der Waals surface area (Å²) in [4.78, 5) is 22.6. The maximum Gasteiger partial charge on any atom is 0.354 e. The molecule has 1 saturated heterocycles. The van der Waals surface area contributed by atoms with E-state index in [1.165, 1.54) is 12.8 Å². The molecule has 1 heterocycles. The zero-order valence-corrected chi connectivity index (χ0v) is 11.5. The lowest BCUT2D eigenvalue weighted by Gasteiger charge is -2.31. The minimum atomic E-state index is -0.451. The Morgan fingerprint density at radius 2 is 2.21 bits per heavy atom. The molecule has 1 aliphatic carbocycles. The molecule has 0 aromatic heterocycles. The van der Waals surface area contributed by atoms with Crippen LogP contribution >= 0.6 is 0 Å². The van der Waals surface area contributed by atoms with Crippen molar-refractivity contribution in [3.05, 3.63) is 11.3 Å². The highest BCUT2D eigenvalue weighted by Gasteiger charge is 2.37. The first-order valence-electron chi connectivity index (χ1n) is 6.90. The van der Waals surface area contributed by atoms with Crippen molar-refractivity contribution in [3.63, 3.8) is 0 Å². The zero-order chi connectivity index (χ0) is 13.8. The predicted molar refractivity (Wildman–Crippen MR) is 69.2 cm³/mol. The van der Waals surface area contributed by atoms with Gasteiger partial charge in [-0.25, -0.2) is 4.79 Å². The number of hydrogen-bond acceptors (Lipinski definition) is 4. The molecule has 2 fully saturated rings. The van der Waals surface area contributed by atoms with E-state index in [-0.39, 0.29) is 12.2 Å². The Kier molecular flexibility index (Phi) is 4.58. The third-order valence-corrected chi connectivity index (χ3v) is 3.57. The van der Waals surface area contributed by atoms with E-state index in [9.17, 15) is 9.59 Å². The molecule has 0 aromatic rings. The van der Waals surface area contributed by atoms with Crippen molar-refractivity contribution >= 4 is 12.4 Å². The van der Waals surface area contributed by atoms with Crippen LogP contribution in [0.25, 0.3) is 0 Å². The molecule has 2 aliphatic rings. The summed E-state index contributed by atoms with van der Waals surface area (Å²) in [5.41, 5.74) is 1.25. The van der Waals surface area contributed by atoms with Crippen LogP contribution < -0.4 is 5.32 Å². The summed E-state index contributed by atoms with van der Waals surface area (Å²) in [6.45, 7) is 4.05. The third kappa shape index (κ3) is 3.56. The number of ether oxygens (including phenoxy) is 2. The van der Waals surface area contributed by atoms with Crippen LogP contribution in [0.5, 0.6) is 0 Å². The second-order valence-corrected chi connectivity index (χ2v) is 5.19. The van der Waals surface area contributed by atoms with Gasteiger partial charge in [0.1, 0.15) is 5.70 Å². The van der Waals surface area contributed by atoms with E-state index in [2.05, 4.69) is 5.32 Å². The van der Waals surface area contributed by atoms with E-state index >= 15 is 0 Å². The third-order valence-electron chi connectivity index (χ3n) is 3.57. The summed E-state index contributed by atoms with van der Waals surface area (Å²) in [7, 11) is 0. The highest BCUT2D eigenvalue weighted by Crippen LogP contribution is 2.41. The Hall–Kier alpha value is -1.36.